The molecule has 0 bridgehead atoms. The Balaban J connectivity index is 3.07. The summed E-state index contributed by atoms with van der Waals surface area (Å²) in [4.78, 5) is 10.7. The van der Waals surface area contributed by atoms with Crippen molar-refractivity contribution >= 4 is 21.8 Å². The average molecular weight is 201 g/mol. The number of hydrogen-bond acceptors (Lipinski definition) is 1. The number of amides is 1. The molecule has 0 spiro atoms. The average Bonchev–Trinajstić information content (AvgIpc) is 1.88. The van der Waals surface area contributed by atoms with Gasteiger partial charge in [0.05, 0.1) is 5.56 Å². The fraction of sp³-hybridized carbons (Fsp3) is 0. The van der Waals surface area contributed by atoms with Gasteiger partial charge >= 0.3 is 5.91 Å². The molecule has 52 valence electrons. The summed E-state index contributed by atoms with van der Waals surface area (Å²) in [6.45, 7) is 0. The Morgan fingerprint density at radius 2 is 2.20 bits per heavy atom. The van der Waals surface area contributed by atoms with Crippen LogP contribution in [0.1, 0.15) is 10.4 Å². The molecule has 0 aliphatic heterocycles. The number of hydrogen-bond donors (Lipinski definition) is 1. The van der Waals surface area contributed by atoms with Crippen LogP contribution in [0, 0.1) is 0 Å². The van der Waals surface area contributed by atoms with E-state index in [1.165, 1.54) is 0 Å². The smallest absolute Gasteiger partial charge is 0.290 e. The Kier molecular flexibility index (Phi) is 2.19. The molecule has 0 unspecified atom stereocenters. The summed E-state index contributed by atoms with van der Waals surface area (Å²) in [6.07, 6.45) is 0. The molecule has 2 nitrogen and oxygen atoms in total. The summed E-state index contributed by atoms with van der Waals surface area (Å²) in [5.74, 6) is -0.152. The molecule has 0 saturated carbocycles. The van der Waals surface area contributed by atoms with Crippen molar-refractivity contribution in [2.75, 3.05) is 0 Å². The molecule has 3 N–H and O–H groups in total. The van der Waals surface area contributed by atoms with Crippen molar-refractivity contribution in [2.24, 2.45) is 0 Å². The Morgan fingerprint density at radius 1 is 1.50 bits per heavy atom. The van der Waals surface area contributed by atoms with Gasteiger partial charge < -0.3 is 0 Å². The van der Waals surface area contributed by atoms with Crippen molar-refractivity contribution in [2.45, 2.75) is 0 Å². The first-order valence-electron chi connectivity index (χ1n) is 2.82. The van der Waals surface area contributed by atoms with Crippen LogP contribution in [0.2, 0.25) is 0 Å². The second-order valence-electron chi connectivity index (χ2n) is 1.93. The standard InChI is InChI=1S/C7H6BrNO/c8-6-3-1-2-5(4-6)7(9)10/h1-4H,(H2,9,10)/p+1. The zero-order chi connectivity index (χ0) is 7.56. The Hall–Kier alpha value is -0.670. The van der Waals surface area contributed by atoms with Crippen molar-refractivity contribution < 1.29 is 10.5 Å². The zero-order valence-electron chi connectivity index (χ0n) is 5.30. The van der Waals surface area contributed by atoms with Gasteiger partial charge in [0, 0.05) is 4.47 Å². The molecule has 0 atom stereocenters. The molecule has 0 radical (unpaired) electrons. The third-order valence-electron chi connectivity index (χ3n) is 1.15. The lowest BCUT2D eigenvalue weighted by molar-refractivity contribution is -0.255. The van der Waals surface area contributed by atoms with E-state index in [1.54, 1.807) is 12.1 Å². The van der Waals surface area contributed by atoms with E-state index in [0.717, 1.165) is 4.47 Å². The molecular formula is C7H7BrNO+. The zero-order valence-corrected chi connectivity index (χ0v) is 6.89. The topological polar surface area (TPSA) is 44.7 Å². The van der Waals surface area contributed by atoms with Crippen LogP contribution < -0.4 is 5.73 Å². The van der Waals surface area contributed by atoms with Gasteiger partial charge in [-0.15, -0.1) is 0 Å². The van der Waals surface area contributed by atoms with Gasteiger partial charge in [-0.25, -0.2) is 4.79 Å². The number of quaternary nitrogens is 1. The molecule has 3 heteroatoms. The van der Waals surface area contributed by atoms with Crippen LogP contribution in [0.25, 0.3) is 0 Å². The van der Waals surface area contributed by atoms with Gasteiger partial charge in [-0.1, -0.05) is 22.0 Å². The molecule has 10 heavy (non-hydrogen) atoms. The van der Waals surface area contributed by atoms with Gasteiger partial charge in [0.1, 0.15) is 0 Å². The van der Waals surface area contributed by atoms with Crippen molar-refractivity contribution in [3.63, 3.8) is 0 Å². The van der Waals surface area contributed by atoms with Crippen LogP contribution in [0.15, 0.2) is 28.7 Å². The molecule has 0 aliphatic carbocycles. The minimum Gasteiger partial charge on any atom is -0.290 e. The molecule has 1 amide bonds. The van der Waals surface area contributed by atoms with Crippen LogP contribution in [0.4, 0.5) is 0 Å². The van der Waals surface area contributed by atoms with Crippen molar-refractivity contribution in [3.05, 3.63) is 34.3 Å². The SMILES string of the molecule is [NH3+]C(=O)c1cccc(Br)c1. The fourth-order valence-electron chi connectivity index (χ4n) is 0.662. The van der Waals surface area contributed by atoms with E-state index >= 15 is 0 Å². The van der Waals surface area contributed by atoms with Gasteiger partial charge in [-0.2, -0.15) is 0 Å². The van der Waals surface area contributed by atoms with Gasteiger partial charge in [0.15, 0.2) is 0 Å². The van der Waals surface area contributed by atoms with Crippen molar-refractivity contribution in [1.82, 2.24) is 0 Å². The molecule has 0 aromatic heterocycles. The first kappa shape index (κ1) is 7.44. The maximum absolute atomic E-state index is 10.7. The highest BCUT2D eigenvalue weighted by Crippen LogP contribution is 2.10. The summed E-state index contributed by atoms with van der Waals surface area (Å²) in [6, 6.07) is 7.16. The minimum absolute atomic E-state index is 0.152. The van der Waals surface area contributed by atoms with E-state index in [9.17, 15) is 4.79 Å². The lowest BCUT2D eigenvalue weighted by Gasteiger charge is -1.90. The van der Waals surface area contributed by atoms with E-state index in [2.05, 4.69) is 21.7 Å². The largest absolute Gasteiger partial charge is 0.341 e. The van der Waals surface area contributed by atoms with E-state index in [-0.39, 0.29) is 5.91 Å². The van der Waals surface area contributed by atoms with Gasteiger partial charge in [0.2, 0.25) is 0 Å². The highest BCUT2D eigenvalue weighted by molar-refractivity contribution is 9.10. The summed E-state index contributed by atoms with van der Waals surface area (Å²) in [7, 11) is 0. The first-order valence-corrected chi connectivity index (χ1v) is 3.61. The predicted octanol–water partition coefficient (Wildman–Crippen LogP) is 0.831. The Morgan fingerprint density at radius 3 is 2.60 bits per heavy atom. The molecule has 0 fully saturated rings. The lowest BCUT2D eigenvalue weighted by Crippen LogP contribution is -2.56. The molecule has 0 heterocycles. The van der Waals surface area contributed by atoms with E-state index in [0.29, 0.717) is 5.56 Å². The third-order valence-corrected chi connectivity index (χ3v) is 1.64. The van der Waals surface area contributed by atoms with Crippen LogP contribution in [0.3, 0.4) is 0 Å². The van der Waals surface area contributed by atoms with Gasteiger partial charge in [0.25, 0.3) is 0 Å². The number of carbonyl (C=O) groups is 1. The Labute approximate surface area is 67.2 Å². The van der Waals surface area contributed by atoms with E-state index < -0.39 is 0 Å². The highest BCUT2D eigenvalue weighted by Gasteiger charge is 2.01. The summed E-state index contributed by atoms with van der Waals surface area (Å²) in [5.41, 5.74) is 3.92. The Bertz CT molecular complexity index is 260. The van der Waals surface area contributed by atoms with Crippen LogP contribution in [0.5, 0.6) is 0 Å². The van der Waals surface area contributed by atoms with Crippen LogP contribution in [-0.2, 0) is 0 Å². The summed E-state index contributed by atoms with van der Waals surface area (Å²) >= 11 is 3.25. The third kappa shape index (κ3) is 1.65. The molecule has 1 aromatic carbocycles. The highest BCUT2D eigenvalue weighted by atomic mass is 79.9. The fourth-order valence-corrected chi connectivity index (χ4v) is 1.06. The van der Waals surface area contributed by atoms with Crippen molar-refractivity contribution in [3.8, 4) is 0 Å². The number of benzene rings is 1. The maximum Gasteiger partial charge on any atom is 0.341 e. The number of carbonyl (C=O) groups excluding carboxylic acids is 1. The quantitative estimate of drug-likeness (QED) is 0.718. The predicted molar refractivity (Wildman–Crippen MR) is 41.4 cm³/mol. The van der Waals surface area contributed by atoms with Crippen molar-refractivity contribution in [1.29, 1.82) is 0 Å². The normalized spacial score (nSPS) is 9.40. The number of halogens is 1. The van der Waals surface area contributed by atoms with E-state index in [1.807, 2.05) is 12.1 Å². The molecule has 1 aromatic rings. The van der Waals surface area contributed by atoms with Crippen LogP contribution in [-0.4, -0.2) is 5.91 Å². The lowest BCUT2D eigenvalue weighted by atomic mass is 10.2. The van der Waals surface area contributed by atoms with Crippen LogP contribution >= 0.6 is 15.9 Å². The van der Waals surface area contributed by atoms with E-state index in [4.69, 9.17) is 0 Å². The maximum atomic E-state index is 10.7. The first-order chi connectivity index (χ1) is 4.70. The summed E-state index contributed by atoms with van der Waals surface area (Å²) in [5, 5.41) is 0. The monoisotopic (exact) mass is 200 g/mol. The summed E-state index contributed by atoms with van der Waals surface area (Å²) < 4.78 is 0.905. The van der Waals surface area contributed by atoms with Gasteiger partial charge in [-0.3, -0.25) is 5.73 Å². The molecular weight excluding hydrogens is 194 g/mol. The number of rotatable bonds is 1. The molecule has 0 saturated heterocycles. The molecule has 1 rings (SSSR count). The molecule has 0 aliphatic rings. The van der Waals surface area contributed by atoms with Gasteiger partial charge in [-0.05, 0) is 18.2 Å². The second-order valence-corrected chi connectivity index (χ2v) is 2.85. The minimum atomic E-state index is -0.152. The second kappa shape index (κ2) is 2.94.